The van der Waals surface area contributed by atoms with Crippen LogP contribution < -0.4 is 0 Å². The summed E-state index contributed by atoms with van der Waals surface area (Å²) < 4.78 is 24.8. The van der Waals surface area contributed by atoms with Gasteiger partial charge in [-0.15, -0.1) is 0 Å². The minimum atomic E-state index is -3.52. The number of nitrogens with zero attached hydrogens (tertiary/aromatic N) is 1. The quantitative estimate of drug-likeness (QED) is 0.264. The number of hydrogen-bond donors (Lipinski definition) is 0. The van der Waals surface area contributed by atoms with E-state index in [0.29, 0.717) is 0 Å². The van der Waals surface area contributed by atoms with Gasteiger partial charge in [-0.1, -0.05) is 91.0 Å². The molecular weight excluding hydrogens is 425 g/mol. The van der Waals surface area contributed by atoms with Crippen LogP contribution in [-0.4, -0.2) is 24.2 Å². The third-order valence-corrected chi connectivity index (χ3v) is 6.58. The van der Waals surface area contributed by atoms with Crippen molar-refractivity contribution in [2.45, 2.75) is 26.2 Å². The first kappa shape index (κ1) is 23.9. The second-order valence-electron chi connectivity index (χ2n) is 7.25. The Balaban J connectivity index is 1.56. The van der Waals surface area contributed by atoms with Crippen molar-refractivity contribution >= 4 is 13.5 Å². The van der Waals surface area contributed by atoms with E-state index < -0.39 is 7.60 Å². The van der Waals surface area contributed by atoms with Crippen LogP contribution in [0.2, 0.25) is 0 Å². The van der Waals surface area contributed by atoms with Crippen molar-refractivity contribution in [3.63, 3.8) is 0 Å². The lowest BCUT2D eigenvalue weighted by molar-refractivity contribution is -0.182. The van der Waals surface area contributed by atoms with Gasteiger partial charge in [-0.3, -0.25) is 14.2 Å². The highest BCUT2D eigenvalue weighted by atomic mass is 31.2. The van der Waals surface area contributed by atoms with Gasteiger partial charge in [-0.05, 0) is 16.7 Å². The monoisotopic (exact) mass is 453 g/mol. The van der Waals surface area contributed by atoms with Gasteiger partial charge in [0.1, 0.15) is 6.61 Å². The molecule has 0 unspecified atom stereocenters. The number of benzene rings is 3. The van der Waals surface area contributed by atoms with Crippen LogP contribution in [0.5, 0.6) is 0 Å². The number of carbonyl (C=O) groups is 1. The zero-order valence-corrected chi connectivity index (χ0v) is 19.0. The first-order valence-corrected chi connectivity index (χ1v) is 12.2. The average molecular weight is 453 g/mol. The van der Waals surface area contributed by atoms with Crippen molar-refractivity contribution in [3.05, 3.63) is 108 Å². The second kappa shape index (κ2) is 12.3. The van der Waals surface area contributed by atoms with E-state index in [-0.39, 0.29) is 38.3 Å². The number of hydrogen-bond acceptors (Lipinski definition) is 5. The average Bonchev–Trinajstić information content (AvgIpc) is 2.85. The fraction of sp³-hybridized carbons (Fsp3) is 0.240. The molecule has 3 aromatic rings. The Hall–Kier alpha value is -2.76. The number of hydroxylamine groups is 2. The largest absolute Gasteiger partial charge is 0.331 e. The predicted octanol–water partition coefficient (Wildman–Crippen LogP) is 5.59. The van der Waals surface area contributed by atoms with Crippen molar-refractivity contribution in [3.8, 4) is 0 Å². The maximum absolute atomic E-state index is 13.4. The van der Waals surface area contributed by atoms with Gasteiger partial charge in [0, 0.05) is 13.5 Å². The fourth-order valence-corrected chi connectivity index (χ4v) is 4.36. The van der Waals surface area contributed by atoms with Crippen LogP contribution in [0.15, 0.2) is 91.0 Å². The Morgan fingerprint density at radius 3 is 1.56 bits per heavy atom. The second-order valence-corrected chi connectivity index (χ2v) is 9.44. The molecule has 0 N–H and O–H groups in total. The van der Waals surface area contributed by atoms with Gasteiger partial charge in [0.25, 0.3) is 0 Å². The summed E-state index contributed by atoms with van der Waals surface area (Å²) in [5, 5.41) is 1.17. The molecule has 7 heteroatoms. The van der Waals surface area contributed by atoms with Gasteiger partial charge in [-0.25, -0.2) is 5.06 Å². The van der Waals surface area contributed by atoms with E-state index >= 15 is 0 Å². The Morgan fingerprint density at radius 2 is 1.12 bits per heavy atom. The van der Waals surface area contributed by atoms with Gasteiger partial charge in [-0.2, -0.15) is 0 Å². The molecule has 1 amide bonds. The van der Waals surface area contributed by atoms with Crippen LogP contribution in [0.3, 0.4) is 0 Å². The third-order valence-electron chi connectivity index (χ3n) is 4.76. The molecule has 0 atom stereocenters. The van der Waals surface area contributed by atoms with Crippen molar-refractivity contribution in [1.29, 1.82) is 0 Å². The van der Waals surface area contributed by atoms with Gasteiger partial charge in [0.05, 0.1) is 19.4 Å². The maximum atomic E-state index is 13.4. The molecule has 0 radical (unpaired) electrons. The van der Waals surface area contributed by atoms with Crippen LogP contribution in [0.25, 0.3) is 0 Å². The standard InChI is InChI=1S/C25H28NO5P/c1-26(29-19-22-11-5-2-6-12-22)25(27)17-18-32(28,30-20-23-13-7-3-8-14-23)31-21-24-15-9-4-10-16-24/h2-16H,17-21H2,1H3. The predicted molar refractivity (Wildman–Crippen MR) is 124 cm³/mol. The first-order valence-electron chi connectivity index (χ1n) is 10.4. The van der Waals surface area contributed by atoms with Crippen LogP contribution in [0.1, 0.15) is 23.1 Å². The van der Waals surface area contributed by atoms with E-state index in [4.69, 9.17) is 13.9 Å². The summed E-state index contributed by atoms with van der Waals surface area (Å²) in [5.41, 5.74) is 2.71. The van der Waals surface area contributed by atoms with E-state index in [1.165, 1.54) is 5.06 Å². The van der Waals surface area contributed by atoms with Gasteiger partial charge in [0.2, 0.25) is 5.91 Å². The van der Waals surface area contributed by atoms with Gasteiger partial charge < -0.3 is 9.05 Å². The highest BCUT2D eigenvalue weighted by Gasteiger charge is 2.27. The third kappa shape index (κ3) is 8.06. The Morgan fingerprint density at radius 1 is 0.719 bits per heavy atom. The van der Waals surface area contributed by atoms with E-state index in [1.54, 1.807) is 7.05 Å². The molecule has 168 valence electrons. The fourth-order valence-electron chi connectivity index (χ4n) is 2.87. The van der Waals surface area contributed by atoms with Gasteiger partial charge >= 0.3 is 7.60 Å². The molecule has 0 saturated carbocycles. The van der Waals surface area contributed by atoms with Crippen LogP contribution >= 0.6 is 7.60 Å². The molecular formula is C25H28NO5P. The summed E-state index contributed by atoms with van der Waals surface area (Å²) in [7, 11) is -1.98. The zero-order valence-electron chi connectivity index (χ0n) is 18.1. The topological polar surface area (TPSA) is 65.1 Å². The summed E-state index contributed by atoms with van der Waals surface area (Å²) in [5.74, 6) is -0.298. The summed E-state index contributed by atoms with van der Waals surface area (Å²) in [4.78, 5) is 18.1. The molecule has 0 aliphatic heterocycles. The lowest BCUT2D eigenvalue weighted by atomic mass is 10.2. The molecule has 6 nitrogen and oxygen atoms in total. The lowest BCUT2D eigenvalue weighted by Crippen LogP contribution is -2.27. The molecule has 3 aromatic carbocycles. The number of carbonyl (C=O) groups excluding carboxylic acids is 1. The Labute approximate surface area is 189 Å². The van der Waals surface area contributed by atoms with Crippen molar-refractivity contribution in [2.24, 2.45) is 0 Å². The molecule has 0 fully saturated rings. The SMILES string of the molecule is CN(OCc1ccccc1)C(=O)CCP(=O)(OCc1ccccc1)OCc1ccccc1. The summed E-state index contributed by atoms with van der Waals surface area (Å²) in [6, 6.07) is 28.5. The maximum Gasteiger partial charge on any atom is 0.331 e. The molecule has 3 rings (SSSR count). The van der Waals surface area contributed by atoms with Crippen LogP contribution in [0.4, 0.5) is 0 Å². The Bertz CT molecular complexity index is 951. The summed E-state index contributed by atoms with van der Waals surface area (Å²) >= 11 is 0. The van der Waals surface area contributed by atoms with E-state index in [2.05, 4.69) is 0 Å². The van der Waals surface area contributed by atoms with Gasteiger partial charge in [0.15, 0.2) is 0 Å². The summed E-state index contributed by atoms with van der Waals surface area (Å²) in [6.45, 7) is 0.554. The lowest BCUT2D eigenvalue weighted by Gasteiger charge is -2.21. The molecule has 0 saturated heterocycles. The molecule has 0 spiro atoms. The van der Waals surface area contributed by atoms with Crippen molar-refractivity contribution in [1.82, 2.24) is 5.06 Å². The zero-order chi connectivity index (χ0) is 22.7. The molecule has 0 aliphatic carbocycles. The van der Waals surface area contributed by atoms with E-state index in [1.807, 2.05) is 91.0 Å². The van der Waals surface area contributed by atoms with E-state index in [9.17, 15) is 9.36 Å². The smallest absolute Gasteiger partial charge is 0.304 e. The molecule has 0 aliphatic rings. The Kier molecular flexibility index (Phi) is 9.20. The highest BCUT2D eigenvalue weighted by molar-refractivity contribution is 7.53. The molecule has 32 heavy (non-hydrogen) atoms. The minimum Gasteiger partial charge on any atom is -0.304 e. The van der Waals surface area contributed by atoms with Crippen LogP contribution in [0, 0.1) is 0 Å². The number of rotatable bonds is 12. The molecule has 0 aromatic heterocycles. The number of amides is 1. The van der Waals surface area contributed by atoms with E-state index in [0.717, 1.165) is 16.7 Å². The highest BCUT2D eigenvalue weighted by Crippen LogP contribution is 2.50. The summed E-state index contributed by atoms with van der Waals surface area (Å²) in [6.07, 6.45) is -0.0588. The molecule has 0 bridgehead atoms. The van der Waals surface area contributed by atoms with Crippen LogP contribution in [-0.2, 0) is 43.1 Å². The van der Waals surface area contributed by atoms with Crippen molar-refractivity contribution in [2.75, 3.05) is 13.2 Å². The minimum absolute atomic E-state index is 0.0217. The van der Waals surface area contributed by atoms with Crippen molar-refractivity contribution < 1.29 is 23.2 Å². The first-order chi connectivity index (χ1) is 15.5. The molecule has 0 heterocycles. The normalized spacial score (nSPS) is 11.3.